The normalized spacial score (nSPS) is 27.6. The molecule has 3 aromatic rings. The van der Waals surface area contributed by atoms with Gasteiger partial charge in [0.05, 0.1) is 16.6 Å². The molecule has 2 saturated heterocycles. The monoisotopic (exact) mass is 517 g/mol. The second-order valence-electron chi connectivity index (χ2n) is 9.99. The summed E-state index contributed by atoms with van der Waals surface area (Å²) in [5.74, 6) is -0.324. The molecule has 2 aliphatic rings. The minimum Gasteiger partial charge on any atom is -0.383 e. The van der Waals surface area contributed by atoms with E-state index in [1.54, 1.807) is 30.6 Å². The number of halogens is 1. The molecule has 0 radical (unpaired) electrons. The maximum absolute atomic E-state index is 14.0. The van der Waals surface area contributed by atoms with Crippen LogP contribution in [-0.4, -0.2) is 62.3 Å². The predicted octanol–water partition coefficient (Wildman–Crippen LogP) is 3.01. The zero-order valence-electron chi connectivity index (χ0n) is 20.7. The fraction of sp³-hybridized carbons (Fsp3) is 0.407. The summed E-state index contributed by atoms with van der Waals surface area (Å²) >= 11 is 6.08. The van der Waals surface area contributed by atoms with Crippen molar-refractivity contribution in [3.63, 3.8) is 0 Å². The van der Waals surface area contributed by atoms with Gasteiger partial charge in [-0.05, 0) is 36.4 Å². The van der Waals surface area contributed by atoms with Gasteiger partial charge >= 0.3 is 0 Å². The van der Waals surface area contributed by atoms with Crippen LogP contribution in [0.2, 0.25) is 5.02 Å². The molecule has 5 heterocycles. The van der Waals surface area contributed by atoms with E-state index >= 15 is 0 Å². The highest BCUT2D eigenvalue weighted by Crippen LogP contribution is 2.42. The molecule has 1 unspecified atom stereocenters. The van der Waals surface area contributed by atoms with Crippen molar-refractivity contribution >= 4 is 23.3 Å². The van der Waals surface area contributed by atoms with E-state index in [0.29, 0.717) is 42.7 Å². The first-order chi connectivity index (χ1) is 17.8. The van der Waals surface area contributed by atoms with Gasteiger partial charge in [0, 0.05) is 62.0 Å². The lowest BCUT2D eigenvalue weighted by Gasteiger charge is -2.48. The summed E-state index contributed by atoms with van der Waals surface area (Å²) in [5, 5.41) is 29.4. The van der Waals surface area contributed by atoms with Crippen LogP contribution in [0.25, 0.3) is 0 Å². The number of pyridine rings is 2. The summed E-state index contributed by atoms with van der Waals surface area (Å²) in [6.07, 6.45) is 3.29. The number of hydrogen-bond acceptors (Lipinski definition) is 8. The van der Waals surface area contributed by atoms with E-state index in [9.17, 15) is 9.90 Å². The molecular weight excluding hydrogens is 490 g/mol. The number of likely N-dealkylation sites (tertiary alicyclic amines) is 1. The second-order valence-corrected chi connectivity index (χ2v) is 10.4. The number of rotatable bonds is 4. The van der Waals surface area contributed by atoms with E-state index in [4.69, 9.17) is 16.9 Å². The van der Waals surface area contributed by atoms with Crippen molar-refractivity contribution in [1.82, 2.24) is 25.1 Å². The minimum atomic E-state index is -1.12. The standard InChI is InChI=1S/C27H28ClN7O2/c1-17-13-35(14-18(2)27(17,37)24-5-3-4-10-30-24)26(36)22-16-34(25-9-7-20(11-29)32-33-25)15-21(22)23-8-6-19(28)12-31-23/h3-10,12,17-18,21-22,37H,13-16H2,1-2H3/t17-,18+,21-,22+,27?/m1/s1. The highest BCUT2D eigenvalue weighted by Gasteiger charge is 2.50. The zero-order valence-corrected chi connectivity index (χ0v) is 21.5. The number of carbonyl (C=O) groups excluding carboxylic acids is 1. The number of aromatic nitrogens is 4. The van der Waals surface area contributed by atoms with Crippen LogP contribution in [0.3, 0.4) is 0 Å². The lowest BCUT2D eigenvalue weighted by atomic mass is 9.72. The number of nitrogens with zero attached hydrogens (tertiary/aromatic N) is 7. The van der Waals surface area contributed by atoms with Crippen molar-refractivity contribution in [2.24, 2.45) is 17.8 Å². The molecule has 0 aliphatic carbocycles. The van der Waals surface area contributed by atoms with Gasteiger partial charge in [-0.15, -0.1) is 10.2 Å². The second kappa shape index (κ2) is 10.0. The Labute approximate surface area is 220 Å². The van der Waals surface area contributed by atoms with Crippen LogP contribution >= 0.6 is 11.6 Å². The van der Waals surface area contributed by atoms with Gasteiger partial charge in [0.25, 0.3) is 0 Å². The molecule has 0 aromatic carbocycles. The van der Waals surface area contributed by atoms with E-state index < -0.39 is 5.60 Å². The number of aliphatic hydroxyl groups is 1. The Morgan fingerprint density at radius 2 is 1.84 bits per heavy atom. The summed E-state index contributed by atoms with van der Waals surface area (Å²) in [6, 6.07) is 14.6. The predicted molar refractivity (Wildman–Crippen MR) is 137 cm³/mol. The quantitative estimate of drug-likeness (QED) is 0.561. The third kappa shape index (κ3) is 4.63. The van der Waals surface area contributed by atoms with E-state index in [1.165, 1.54) is 0 Å². The fourth-order valence-electron chi connectivity index (χ4n) is 5.72. The van der Waals surface area contributed by atoms with Gasteiger partial charge < -0.3 is 14.9 Å². The Morgan fingerprint density at radius 1 is 1.05 bits per heavy atom. The molecule has 9 nitrogen and oxygen atoms in total. The Balaban J connectivity index is 1.41. The number of nitriles is 1. The molecule has 3 aromatic heterocycles. The molecule has 5 rings (SSSR count). The van der Waals surface area contributed by atoms with E-state index in [0.717, 1.165) is 5.69 Å². The number of amides is 1. The van der Waals surface area contributed by atoms with E-state index in [1.807, 2.05) is 54.0 Å². The SMILES string of the molecule is C[C@@H]1CN(C(=O)[C@H]2CN(c3ccc(C#N)nn3)C[C@H]2c2ccc(Cl)cn2)C[C@H](C)C1(O)c1ccccn1. The Kier molecular flexibility index (Phi) is 6.80. The molecule has 0 saturated carbocycles. The third-order valence-corrected chi connectivity index (χ3v) is 7.96. The lowest BCUT2D eigenvalue weighted by Crippen LogP contribution is -2.57. The maximum atomic E-state index is 14.0. The highest BCUT2D eigenvalue weighted by atomic mass is 35.5. The maximum Gasteiger partial charge on any atom is 0.228 e. The van der Waals surface area contributed by atoms with Crippen LogP contribution < -0.4 is 4.90 Å². The Morgan fingerprint density at radius 3 is 2.43 bits per heavy atom. The number of hydrogen-bond donors (Lipinski definition) is 1. The van der Waals surface area contributed by atoms with Crippen molar-refractivity contribution in [2.45, 2.75) is 25.4 Å². The molecule has 1 amide bonds. The minimum absolute atomic E-state index is 0.0209. The first kappa shape index (κ1) is 25.1. The first-order valence-corrected chi connectivity index (χ1v) is 12.7. The summed E-state index contributed by atoms with van der Waals surface area (Å²) in [6.45, 7) is 5.75. The van der Waals surface area contributed by atoms with Crippen LogP contribution in [0.15, 0.2) is 54.9 Å². The smallest absolute Gasteiger partial charge is 0.228 e. The molecule has 5 atom stereocenters. The Bertz CT molecular complexity index is 1290. The van der Waals surface area contributed by atoms with Gasteiger partial charge in [-0.1, -0.05) is 31.5 Å². The van der Waals surface area contributed by atoms with Gasteiger partial charge in [0.1, 0.15) is 11.7 Å². The topological polar surface area (TPSA) is 119 Å². The molecule has 2 aliphatic heterocycles. The van der Waals surface area contributed by atoms with E-state index in [-0.39, 0.29) is 35.3 Å². The third-order valence-electron chi connectivity index (χ3n) is 7.73. The summed E-state index contributed by atoms with van der Waals surface area (Å²) < 4.78 is 0. The van der Waals surface area contributed by atoms with Crippen molar-refractivity contribution < 1.29 is 9.90 Å². The highest BCUT2D eigenvalue weighted by molar-refractivity contribution is 6.30. The Hall–Kier alpha value is -3.61. The molecular formula is C27H28ClN7O2. The summed E-state index contributed by atoms with van der Waals surface area (Å²) in [7, 11) is 0. The molecule has 1 N–H and O–H groups in total. The average Bonchev–Trinajstić information content (AvgIpc) is 3.37. The average molecular weight is 518 g/mol. The molecule has 2 fully saturated rings. The van der Waals surface area contributed by atoms with E-state index in [2.05, 4.69) is 20.2 Å². The van der Waals surface area contributed by atoms with Crippen molar-refractivity contribution in [1.29, 1.82) is 5.26 Å². The van der Waals surface area contributed by atoms with Crippen LogP contribution in [0.4, 0.5) is 5.82 Å². The number of anilines is 1. The van der Waals surface area contributed by atoms with Gasteiger partial charge in [-0.3, -0.25) is 14.8 Å². The first-order valence-electron chi connectivity index (χ1n) is 12.3. The zero-order chi connectivity index (χ0) is 26.2. The largest absolute Gasteiger partial charge is 0.383 e. The molecule has 37 heavy (non-hydrogen) atoms. The van der Waals surface area contributed by atoms with Gasteiger partial charge in [0.2, 0.25) is 5.91 Å². The summed E-state index contributed by atoms with van der Waals surface area (Å²) in [5.41, 5.74) is 0.546. The van der Waals surface area contributed by atoms with Crippen LogP contribution in [-0.2, 0) is 10.4 Å². The van der Waals surface area contributed by atoms with Crippen LogP contribution in [0.5, 0.6) is 0 Å². The summed E-state index contributed by atoms with van der Waals surface area (Å²) in [4.78, 5) is 26.9. The van der Waals surface area contributed by atoms with Gasteiger partial charge in [-0.2, -0.15) is 5.26 Å². The lowest BCUT2D eigenvalue weighted by molar-refractivity contribution is -0.153. The van der Waals surface area contributed by atoms with Crippen LogP contribution in [0, 0.1) is 29.1 Å². The molecule has 10 heteroatoms. The fourth-order valence-corrected chi connectivity index (χ4v) is 5.83. The number of piperidine rings is 1. The van der Waals surface area contributed by atoms with Crippen molar-refractivity contribution in [2.75, 3.05) is 31.1 Å². The van der Waals surface area contributed by atoms with Crippen molar-refractivity contribution in [3.8, 4) is 6.07 Å². The number of carbonyl (C=O) groups is 1. The molecule has 190 valence electrons. The molecule has 0 bridgehead atoms. The van der Waals surface area contributed by atoms with Gasteiger partial charge in [0.15, 0.2) is 11.5 Å². The van der Waals surface area contributed by atoms with Crippen LogP contribution in [0.1, 0.15) is 36.8 Å². The molecule has 0 spiro atoms. The van der Waals surface area contributed by atoms with Crippen molar-refractivity contribution in [3.05, 3.63) is 77.0 Å². The van der Waals surface area contributed by atoms with Gasteiger partial charge in [-0.25, -0.2) is 0 Å².